The maximum Gasteiger partial charge on any atom is 0.235 e. The third-order valence-corrected chi connectivity index (χ3v) is 1.81. The van der Waals surface area contributed by atoms with E-state index in [-0.39, 0.29) is 0 Å². The maximum absolute atomic E-state index is 10.6. The summed E-state index contributed by atoms with van der Waals surface area (Å²) in [7, 11) is 0. The normalized spacial score (nSPS) is 12.7. The van der Waals surface area contributed by atoms with Gasteiger partial charge in [-0.1, -0.05) is 5.16 Å². The Morgan fingerprint density at radius 2 is 2.40 bits per heavy atom. The zero-order valence-corrected chi connectivity index (χ0v) is 8.56. The van der Waals surface area contributed by atoms with E-state index in [0.717, 1.165) is 0 Å². The number of carbonyl (C=O) groups is 1. The predicted molar refractivity (Wildman–Crippen MR) is 52.8 cm³/mol. The van der Waals surface area contributed by atoms with Gasteiger partial charge in [0.25, 0.3) is 0 Å². The number of amides is 1. The van der Waals surface area contributed by atoms with Crippen molar-refractivity contribution >= 4 is 5.91 Å². The minimum absolute atomic E-state index is 0.350. The average molecular weight is 213 g/mol. The van der Waals surface area contributed by atoms with Crippen molar-refractivity contribution in [2.45, 2.75) is 19.4 Å². The van der Waals surface area contributed by atoms with Gasteiger partial charge in [0, 0.05) is 19.5 Å². The summed E-state index contributed by atoms with van der Waals surface area (Å²) < 4.78 is 4.89. The first kappa shape index (κ1) is 11.6. The van der Waals surface area contributed by atoms with E-state index in [0.29, 0.717) is 31.2 Å². The molecule has 0 aliphatic rings. The molecular formula is C8H15N5O2. The number of aromatic nitrogens is 2. The van der Waals surface area contributed by atoms with Crippen molar-refractivity contribution in [3.8, 4) is 0 Å². The van der Waals surface area contributed by atoms with E-state index < -0.39 is 11.9 Å². The number of carbonyl (C=O) groups excluding carboxylic acids is 1. The lowest BCUT2D eigenvalue weighted by Gasteiger charge is -2.07. The van der Waals surface area contributed by atoms with Crippen LogP contribution in [0.2, 0.25) is 0 Å². The molecular weight excluding hydrogens is 198 g/mol. The highest BCUT2D eigenvalue weighted by molar-refractivity contribution is 5.79. The summed E-state index contributed by atoms with van der Waals surface area (Å²) >= 11 is 0. The van der Waals surface area contributed by atoms with Crippen molar-refractivity contribution in [3.05, 3.63) is 11.7 Å². The van der Waals surface area contributed by atoms with Gasteiger partial charge in [-0.15, -0.1) is 0 Å². The minimum Gasteiger partial charge on any atom is -0.368 e. The van der Waals surface area contributed by atoms with E-state index in [9.17, 15) is 4.79 Å². The second kappa shape index (κ2) is 5.42. The van der Waals surface area contributed by atoms with Crippen LogP contribution in [-0.2, 0) is 11.2 Å². The molecule has 1 atom stereocenters. The Morgan fingerprint density at radius 3 is 2.93 bits per heavy atom. The molecule has 7 nitrogen and oxygen atoms in total. The molecule has 0 aliphatic carbocycles. The van der Waals surface area contributed by atoms with Gasteiger partial charge < -0.3 is 21.3 Å². The number of hydrogen-bond donors (Lipinski definition) is 3. The Kier molecular flexibility index (Phi) is 4.19. The molecule has 1 amide bonds. The summed E-state index contributed by atoms with van der Waals surface area (Å²) in [4.78, 5) is 14.6. The number of rotatable bonds is 6. The van der Waals surface area contributed by atoms with E-state index >= 15 is 0 Å². The van der Waals surface area contributed by atoms with Gasteiger partial charge in [0.15, 0.2) is 5.82 Å². The number of aryl methyl sites for hydroxylation is 1. The third-order valence-electron chi connectivity index (χ3n) is 1.81. The molecule has 5 N–H and O–H groups in total. The lowest BCUT2D eigenvalue weighted by atomic mass is 10.3. The molecule has 15 heavy (non-hydrogen) atoms. The molecule has 1 unspecified atom stereocenters. The molecule has 0 bridgehead atoms. The largest absolute Gasteiger partial charge is 0.368 e. The second-order valence-electron chi connectivity index (χ2n) is 3.20. The fraction of sp³-hybridized carbons (Fsp3) is 0.625. The van der Waals surface area contributed by atoms with Gasteiger partial charge in [0.05, 0.1) is 6.04 Å². The van der Waals surface area contributed by atoms with Gasteiger partial charge in [-0.05, 0) is 6.92 Å². The maximum atomic E-state index is 10.6. The molecule has 1 aromatic heterocycles. The average Bonchev–Trinajstić information content (AvgIpc) is 2.58. The van der Waals surface area contributed by atoms with Crippen LogP contribution < -0.4 is 16.8 Å². The summed E-state index contributed by atoms with van der Waals surface area (Å²) in [6.45, 7) is 2.72. The predicted octanol–water partition coefficient (Wildman–Crippen LogP) is -1.68. The van der Waals surface area contributed by atoms with Gasteiger partial charge in [0.1, 0.15) is 0 Å². The quantitative estimate of drug-likeness (QED) is 0.485. The highest BCUT2D eigenvalue weighted by Crippen LogP contribution is 1.95. The number of nitrogens with one attached hydrogen (secondary N) is 1. The molecule has 0 radical (unpaired) electrons. The van der Waals surface area contributed by atoms with E-state index in [1.807, 2.05) is 0 Å². The van der Waals surface area contributed by atoms with Crippen LogP contribution in [0, 0.1) is 6.92 Å². The van der Waals surface area contributed by atoms with Crippen LogP contribution in [0.3, 0.4) is 0 Å². The number of hydrogen-bond acceptors (Lipinski definition) is 6. The molecule has 84 valence electrons. The number of nitrogens with two attached hydrogens (primary N) is 2. The Morgan fingerprint density at radius 1 is 1.67 bits per heavy atom. The SMILES string of the molecule is Cc1noc(CCNCC(N)C(N)=O)n1. The number of nitrogens with zero attached hydrogens (tertiary/aromatic N) is 2. The van der Waals surface area contributed by atoms with E-state index in [1.165, 1.54) is 0 Å². The zero-order valence-electron chi connectivity index (χ0n) is 8.56. The molecule has 7 heteroatoms. The van der Waals surface area contributed by atoms with Gasteiger partial charge in [0.2, 0.25) is 11.8 Å². The highest BCUT2D eigenvalue weighted by Gasteiger charge is 2.08. The topological polar surface area (TPSA) is 120 Å². The summed E-state index contributed by atoms with van der Waals surface area (Å²) in [6.07, 6.45) is 0.603. The van der Waals surface area contributed by atoms with Crippen molar-refractivity contribution in [2.24, 2.45) is 11.5 Å². The fourth-order valence-electron chi connectivity index (χ4n) is 0.995. The lowest BCUT2D eigenvalue weighted by molar-refractivity contribution is -0.119. The molecule has 0 spiro atoms. The first-order chi connectivity index (χ1) is 7.09. The van der Waals surface area contributed by atoms with Crippen molar-refractivity contribution in [2.75, 3.05) is 13.1 Å². The minimum atomic E-state index is -0.658. The van der Waals surface area contributed by atoms with Crippen LogP contribution >= 0.6 is 0 Å². The lowest BCUT2D eigenvalue weighted by Crippen LogP contribution is -2.44. The van der Waals surface area contributed by atoms with Gasteiger partial charge >= 0.3 is 0 Å². The fourth-order valence-corrected chi connectivity index (χ4v) is 0.995. The third kappa shape index (κ3) is 4.05. The molecule has 1 aromatic rings. The highest BCUT2D eigenvalue weighted by atomic mass is 16.5. The van der Waals surface area contributed by atoms with E-state index in [2.05, 4.69) is 15.5 Å². The summed E-state index contributed by atoms with van der Waals surface area (Å²) in [5.41, 5.74) is 10.4. The van der Waals surface area contributed by atoms with Crippen LogP contribution in [0.25, 0.3) is 0 Å². The second-order valence-corrected chi connectivity index (χ2v) is 3.20. The Balaban J connectivity index is 2.14. The van der Waals surface area contributed by atoms with Gasteiger partial charge in [-0.25, -0.2) is 0 Å². The zero-order chi connectivity index (χ0) is 11.3. The first-order valence-corrected chi connectivity index (χ1v) is 4.64. The van der Waals surface area contributed by atoms with Crippen LogP contribution in [-0.4, -0.2) is 35.2 Å². The van der Waals surface area contributed by atoms with Crippen molar-refractivity contribution in [1.82, 2.24) is 15.5 Å². The Hall–Kier alpha value is -1.47. The van der Waals surface area contributed by atoms with E-state index in [1.54, 1.807) is 6.92 Å². The summed E-state index contributed by atoms with van der Waals surface area (Å²) in [5, 5.41) is 6.62. The van der Waals surface area contributed by atoms with Crippen LogP contribution in [0.5, 0.6) is 0 Å². The molecule has 0 saturated heterocycles. The van der Waals surface area contributed by atoms with E-state index in [4.69, 9.17) is 16.0 Å². The van der Waals surface area contributed by atoms with Crippen molar-refractivity contribution < 1.29 is 9.32 Å². The van der Waals surface area contributed by atoms with Crippen molar-refractivity contribution in [1.29, 1.82) is 0 Å². The molecule has 1 rings (SSSR count). The van der Waals surface area contributed by atoms with Gasteiger partial charge in [-0.2, -0.15) is 4.98 Å². The monoisotopic (exact) mass is 213 g/mol. The molecule has 0 aromatic carbocycles. The van der Waals surface area contributed by atoms with Crippen LogP contribution in [0.1, 0.15) is 11.7 Å². The Labute approximate surface area is 87.2 Å². The molecule has 1 heterocycles. The molecule has 0 saturated carbocycles. The molecule has 0 aliphatic heterocycles. The van der Waals surface area contributed by atoms with Crippen molar-refractivity contribution in [3.63, 3.8) is 0 Å². The summed E-state index contributed by atoms with van der Waals surface area (Å²) in [5.74, 6) is 0.655. The van der Waals surface area contributed by atoms with Crippen LogP contribution in [0.4, 0.5) is 0 Å². The summed E-state index contributed by atoms with van der Waals surface area (Å²) in [6, 6.07) is -0.658. The molecule has 0 fully saturated rings. The van der Waals surface area contributed by atoms with Crippen LogP contribution in [0.15, 0.2) is 4.52 Å². The Bertz CT molecular complexity index is 325. The smallest absolute Gasteiger partial charge is 0.235 e. The standard InChI is InChI=1S/C8H15N5O2/c1-5-12-7(15-13-5)2-3-11-4-6(9)8(10)14/h6,11H,2-4,9H2,1H3,(H2,10,14). The first-order valence-electron chi connectivity index (χ1n) is 4.64. The van der Waals surface area contributed by atoms with Gasteiger partial charge in [-0.3, -0.25) is 4.79 Å². The number of primary amides is 1.